The van der Waals surface area contributed by atoms with Crippen molar-refractivity contribution in [1.82, 2.24) is 19.9 Å². The van der Waals surface area contributed by atoms with E-state index in [9.17, 15) is 17.6 Å². The number of thioether (sulfide) groups is 1. The first kappa shape index (κ1) is 23.6. The minimum Gasteiger partial charge on any atom is -0.353 e. The number of alkyl halides is 3. The highest BCUT2D eigenvalue weighted by Crippen LogP contribution is 2.35. The van der Waals surface area contributed by atoms with E-state index in [4.69, 9.17) is 4.98 Å². The van der Waals surface area contributed by atoms with Crippen LogP contribution in [0.4, 0.5) is 35.3 Å². The van der Waals surface area contributed by atoms with Crippen molar-refractivity contribution in [2.24, 2.45) is 0 Å². The molecule has 2 saturated heterocycles. The molecule has 0 N–H and O–H groups in total. The maximum atomic E-state index is 13.5. The third-order valence-corrected chi connectivity index (χ3v) is 6.90. The fourth-order valence-electron chi connectivity index (χ4n) is 4.12. The summed E-state index contributed by atoms with van der Waals surface area (Å²) < 4.78 is 53.9. The molecule has 0 atom stereocenters. The van der Waals surface area contributed by atoms with E-state index in [1.807, 2.05) is 16.7 Å². The second-order valence-electron chi connectivity index (χ2n) is 8.21. The highest BCUT2D eigenvalue weighted by atomic mass is 32.2. The molecule has 12 heteroatoms. The second-order valence-corrected chi connectivity index (χ2v) is 9.44. The van der Waals surface area contributed by atoms with Crippen molar-refractivity contribution in [3.8, 4) is 11.4 Å². The smallest absolute Gasteiger partial charge is 0.353 e. The third kappa shape index (κ3) is 5.26. The molecule has 0 spiro atoms. The van der Waals surface area contributed by atoms with Crippen molar-refractivity contribution in [3.05, 3.63) is 54.0 Å². The molecule has 0 saturated carbocycles. The first-order chi connectivity index (χ1) is 16.9. The molecule has 35 heavy (non-hydrogen) atoms. The monoisotopic (exact) mass is 505 g/mol. The van der Waals surface area contributed by atoms with Crippen molar-refractivity contribution in [2.75, 3.05) is 65.5 Å². The van der Waals surface area contributed by atoms with Gasteiger partial charge in [-0.3, -0.25) is 0 Å². The number of benzene rings is 1. The molecule has 2 aromatic heterocycles. The van der Waals surface area contributed by atoms with Crippen LogP contribution in [0.1, 0.15) is 5.56 Å². The quantitative estimate of drug-likeness (QED) is 0.494. The lowest BCUT2D eigenvalue weighted by Crippen LogP contribution is -2.48. The number of rotatable bonds is 4. The van der Waals surface area contributed by atoms with Crippen LogP contribution in [0.3, 0.4) is 0 Å². The van der Waals surface area contributed by atoms with E-state index in [0.29, 0.717) is 49.5 Å². The third-order valence-electron chi connectivity index (χ3n) is 5.96. The van der Waals surface area contributed by atoms with Gasteiger partial charge in [0.15, 0.2) is 5.82 Å². The normalized spacial score (nSPS) is 17.1. The summed E-state index contributed by atoms with van der Waals surface area (Å²) >= 11 is 1.87. The van der Waals surface area contributed by atoms with Crippen LogP contribution in [-0.2, 0) is 6.18 Å². The summed E-state index contributed by atoms with van der Waals surface area (Å²) in [5, 5.41) is 0. The zero-order chi connectivity index (χ0) is 24.4. The summed E-state index contributed by atoms with van der Waals surface area (Å²) in [5.41, 5.74) is -0.0675. The summed E-state index contributed by atoms with van der Waals surface area (Å²) in [5.74, 6) is 2.99. The summed E-state index contributed by atoms with van der Waals surface area (Å²) in [7, 11) is 0. The first-order valence-electron chi connectivity index (χ1n) is 11.3. The van der Waals surface area contributed by atoms with Crippen LogP contribution >= 0.6 is 11.8 Å². The van der Waals surface area contributed by atoms with Gasteiger partial charge in [0.2, 0.25) is 11.9 Å². The Kier molecular flexibility index (Phi) is 6.63. The zero-order valence-electron chi connectivity index (χ0n) is 18.7. The summed E-state index contributed by atoms with van der Waals surface area (Å²) in [6.45, 7) is 3.15. The van der Waals surface area contributed by atoms with Gasteiger partial charge in [0.05, 0.1) is 5.56 Å². The Morgan fingerprint density at radius 1 is 0.743 bits per heavy atom. The first-order valence-corrected chi connectivity index (χ1v) is 12.4. The Morgan fingerprint density at radius 2 is 1.34 bits per heavy atom. The number of aromatic nitrogens is 4. The Balaban J connectivity index is 1.41. The largest absolute Gasteiger partial charge is 0.419 e. The average molecular weight is 506 g/mol. The molecule has 0 radical (unpaired) electrons. The van der Waals surface area contributed by atoms with Crippen LogP contribution in [-0.4, -0.2) is 70.7 Å². The predicted molar refractivity (Wildman–Crippen MR) is 128 cm³/mol. The zero-order valence-corrected chi connectivity index (χ0v) is 19.6. The Labute approximate surface area is 204 Å². The van der Waals surface area contributed by atoms with Crippen molar-refractivity contribution in [1.29, 1.82) is 0 Å². The molecule has 4 heterocycles. The van der Waals surface area contributed by atoms with Crippen LogP contribution in [0.2, 0.25) is 0 Å². The summed E-state index contributed by atoms with van der Waals surface area (Å²) in [6.07, 6.45) is -3.10. The Morgan fingerprint density at radius 3 is 1.97 bits per heavy atom. The fourth-order valence-corrected chi connectivity index (χ4v) is 5.02. The molecule has 0 unspecified atom stereocenters. The SMILES string of the molecule is Fc1ccc(-c2nc(N3CCSCC3)nc(N3CCN(c4ncccc4C(F)(F)F)CC3)n2)cc1. The number of halogens is 4. The lowest BCUT2D eigenvalue weighted by Gasteiger charge is -2.36. The molecule has 2 aliphatic heterocycles. The second kappa shape index (κ2) is 9.84. The number of anilines is 3. The molecule has 1 aromatic carbocycles. The van der Waals surface area contributed by atoms with Crippen LogP contribution in [0.15, 0.2) is 42.6 Å². The molecular weight excluding hydrogens is 482 g/mol. The summed E-state index contributed by atoms with van der Waals surface area (Å²) in [6, 6.07) is 8.33. The summed E-state index contributed by atoms with van der Waals surface area (Å²) in [4.78, 5) is 23.7. The molecule has 3 aromatic rings. The lowest BCUT2D eigenvalue weighted by atomic mass is 10.2. The lowest BCUT2D eigenvalue weighted by molar-refractivity contribution is -0.137. The average Bonchev–Trinajstić information content (AvgIpc) is 2.89. The molecule has 2 fully saturated rings. The van der Waals surface area contributed by atoms with Gasteiger partial charge in [0, 0.05) is 62.5 Å². The topological polar surface area (TPSA) is 61.3 Å². The van der Waals surface area contributed by atoms with E-state index in [0.717, 1.165) is 30.7 Å². The highest BCUT2D eigenvalue weighted by molar-refractivity contribution is 7.99. The minimum atomic E-state index is -4.47. The van der Waals surface area contributed by atoms with Crippen molar-refractivity contribution in [3.63, 3.8) is 0 Å². The van der Waals surface area contributed by atoms with Crippen LogP contribution in [0.25, 0.3) is 11.4 Å². The van der Waals surface area contributed by atoms with E-state index in [2.05, 4.69) is 19.9 Å². The molecule has 7 nitrogen and oxygen atoms in total. The Bertz CT molecular complexity index is 1160. The van der Waals surface area contributed by atoms with Gasteiger partial charge in [-0.1, -0.05) is 0 Å². The van der Waals surface area contributed by atoms with Gasteiger partial charge in [-0.15, -0.1) is 0 Å². The van der Waals surface area contributed by atoms with E-state index < -0.39 is 11.7 Å². The van der Waals surface area contributed by atoms with Gasteiger partial charge in [0.1, 0.15) is 11.6 Å². The van der Waals surface area contributed by atoms with E-state index in [1.54, 1.807) is 17.0 Å². The van der Waals surface area contributed by atoms with Gasteiger partial charge >= 0.3 is 6.18 Å². The minimum absolute atomic E-state index is 0.0613. The van der Waals surface area contributed by atoms with Gasteiger partial charge in [0.25, 0.3) is 0 Å². The number of nitrogens with zero attached hydrogens (tertiary/aromatic N) is 7. The van der Waals surface area contributed by atoms with Crippen LogP contribution < -0.4 is 14.7 Å². The number of hydrogen-bond donors (Lipinski definition) is 0. The fraction of sp³-hybridized carbons (Fsp3) is 0.391. The number of piperazine rings is 1. The van der Waals surface area contributed by atoms with Crippen molar-refractivity contribution in [2.45, 2.75) is 6.18 Å². The Hall–Kier alpha value is -3.15. The van der Waals surface area contributed by atoms with Gasteiger partial charge in [-0.25, -0.2) is 9.37 Å². The molecular formula is C23H23F4N7S. The van der Waals surface area contributed by atoms with E-state index in [1.165, 1.54) is 24.4 Å². The van der Waals surface area contributed by atoms with Gasteiger partial charge < -0.3 is 14.7 Å². The molecule has 0 aliphatic carbocycles. The van der Waals surface area contributed by atoms with Crippen molar-refractivity contribution < 1.29 is 17.6 Å². The molecule has 2 aliphatic rings. The number of pyridine rings is 1. The highest BCUT2D eigenvalue weighted by Gasteiger charge is 2.36. The van der Waals surface area contributed by atoms with Crippen LogP contribution in [0.5, 0.6) is 0 Å². The number of hydrogen-bond acceptors (Lipinski definition) is 8. The maximum Gasteiger partial charge on any atom is 0.419 e. The molecule has 0 amide bonds. The van der Waals surface area contributed by atoms with E-state index >= 15 is 0 Å². The maximum absolute atomic E-state index is 13.5. The van der Waals surface area contributed by atoms with Gasteiger partial charge in [-0.05, 0) is 36.4 Å². The predicted octanol–water partition coefficient (Wildman–Crippen LogP) is 3.97. The van der Waals surface area contributed by atoms with Crippen LogP contribution in [0, 0.1) is 5.82 Å². The standard InChI is InChI=1S/C23H23F4N7S/c24-17-5-3-16(4-6-17)19-29-21(31-22(30-19)34-12-14-35-15-13-34)33-10-8-32(9-11-33)20-18(23(25,26)27)2-1-7-28-20/h1-7H,8-15H2. The van der Waals surface area contributed by atoms with E-state index in [-0.39, 0.29) is 11.6 Å². The molecule has 184 valence electrons. The molecule has 5 rings (SSSR count). The van der Waals surface area contributed by atoms with Gasteiger partial charge in [-0.2, -0.15) is 39.9 Å². The molecule has 0 bridgehead atoms. The van der Waals surface area contributed by atoms with Crippen molar-refractivity contribution >= 4 is 29.5 Å².